The van der Waals surface area contributed by atoms with E-state index in [1.165, 1.54) is 24.3 Å². The molecule has 0 fully saturated rings. The van der Waals surface area contributed by atoms with E-state index in [4.69, 9.17) is 21.8 Å². The minimum atomic E-state index is -1.20. The Morgan fingerprint density at radius 2 is 1.88 bits per heavy atom. The number of carbonyl (C=O) groups excluding carboxylic acids is 1. The number of benzene rings is 1. The number of carbonyl (C=O) groups is 2. The molecule has 1 aromatic rings. The van der Waals surface area contributed by atoms with Gasteiger partial charge in [-0.3, -0.25) is 4.79 Å². The molecule has 1 rings (SSSR count). The van der Waals surface area contributed by atoms with E-state index in [0.29, 0.717) is 10.6 Å². The zero-order chi connectivity index (χ0) is 12.1. The van der Waals surface area contributed by atoms with Gasteiger partial charge in [-0.25, -0.2) is 4.79 Å². The summed E-state index contributed by atoms with van der Waals surface area (Å²) in [7, 11) is 0. The molecule has 1 unspecified atom stereocenters. The van der Waals surface area contributed by atoms with E-state index in [1.807, 2.05) is 0 Å². The third-order valence-electron chi connectivity index (χ3n) is 1.90. The van der Waals surface area contributed by atoms with Gasteiger partial charge in [0.15, 0.2) is 6.04 Å². The number of hydrogen-bond donors (Lipinski definition) is 3. The predicted molar refractivity (Wildman–Crippen MR) is 57.1 cm³/mol. The number of aliphatic hydroxyl groups is 1. The van der Waals surface area contributed by atoms with Gasteiger partial charge < -0.3 is 15.5 Å². The second-order valence-electron chi connectivity index (χ2n) is 3.05. The third-order valence-corrected chi connectivity index (χ3v) is 2.15. The molecule has 0 aliphatic carbocycles. The molecule has 1 aromatic carbocycles. The van der Waals surface area contributed by atoms with Crippen LogP contribution in [0.3, 0.4) is 0 Å². The number of hydrogen-bond acceptors (Lipinski definition) is 3. The Morgan fingerprint density at radius 3 is 2.31 bits per heavy atom. The van der Waals surface area contributed by atoms with Gasteiger partial charge >= 0.3 is 5.97 Å². The Hall–Kier alpha value is -1.59. The number of aliphatic carboxylic acids is 1. The molecule has 0 aromatic heterocycles. The molecule has 0 heterocycles. The minimum absolute atomic E-state index is 0.388. The molecule has 5 nitrogen and oxygen atoms in total. The van der Waals surface area contributed by atoms with Crippen molar-refractivity contribution in [1.82, 2.24) is 5.32 Å². The number of carboxylic acid groups (broad SMARTS) is 1. The average Bonchev–Trinajstić information content (AvgIpc) is 2.26. The van der Waals surface area contributed by atoms with Gasteiger partial charge in [-0.05, 0) is 17.7 Å². The van der Waals surface area contributed by atoms with Gasteiger partial charge in [0, 0.05) is 5.02 Å². The summed E-state index contributed by atoms with van der Waals surface area (Å²) >= 11 is 5.65. The highest BCUT2D eigenvalue weighted by atomic mass is 35.5. The van der Waals surface area contributed by atoms with Gasteiger partial charge in [0.2, 0.25) is 5.91 Å². The number of halogens is 1. The van der Waals surface area contributed by atoms with Gasteiger partial charge in [0.05, 0.1) is 0 Å². The first-order valence-corrected chi connectivity index (χ1v) is 4.81. The summed E-state index contributed by atoms with van der Waals surface area (Å²) in [5.74, 6) is -1.95. The van der Waals surface area contributed by atoms with Crippen molar-refractivity contribution in [3.63, 3.8) is 0 Å². The van der Waals surface area contributed by atoms with Crippen LogP contribution in [0.1, 0.15) is 11.6 Å². The first-order chi connectivity index (χ1) is 7.54. The summed E-state index contributed by atoms with van der Waals surface area (Å²) in [5.41, 5.74) is 0.388. The van der Waals surface area contributed by atoms with Crippen molar-refractivity contribution >= 4 is 23.5 Å². The smallest absolute Gasteiger partial charge is 0.330 e. The van der Waals surface area contributed by atoms with Crippen molar-refractivity contribution in [2.75, 3.05) is 6.61 Å². The fraction of sp³-hybridized carbons (Fsp3) is 0.200. The summed E-state index contributed by atoms with van der Waals surface area (Å²) < 4.78 is 0. The molecule has 0 radical (unpaired) electrons. The standard InChI is InChI=1S/C10H10ClNO4/c11-7-3-1-6(2-4-7)9(10(15)16)12-8(14)5-13/h1-4,9,13H,5H2,(H,12,14)(H,15,16). The Balaban J connectivity index is 2.89. The van der Waals surface area contributed by atoms with Gasteiger partial charge in [0.25, 0.3) is 0 Å². The summed E-state index contributed by atoms with van der Waals surface area (Å²) in [6, 6.07) is 4.87. The normalized spacial score (nSPS) is 11.9. The van der Waals surface area contributed by atoms with Crippen LogP contribution in [0.4, 0.5) is 0 Å². The summed E-state index contributed by atoms with van der Waals surface area (Å²) in [5, 5.41) is 20.1. The summed E-state index contributed by atoms with van der Waals surface area (Å²) in [6.45, 7) is -0.753. The first-order valence-electron chi connectivity index (χ1n) is 4.43. The van der Waals surface area contributed by atoms with Crippen LogP contribution in [0.2, 0.25) is 5.02 Å². The summed E-state index contributed by atoms with van der Waals surface area (Å²) in [4.78, 5) is 21.8. The molecular weight excluding hydrogens is 234 g/mol. The maximum atomic E-state index is 10.9. The molecular formula is C10H10ClNO4. The molecule has 1 amide bonds. The van der Waals surface area contributed by atoms with Crippen LogP contribution in [0.25, 0.3) is 0 Å². The fourth-order valence-electron chi connectivity index (χ4n) is 1.15. The van der Waals surface area contributed by atoms with Crippen LogP contribution in [-0.2, 0) is 9.59 Å². The van der Waals surface area contributed by atoms with E-state index in [9.17, 15) is 9.59 Å². The monoisotopic (exact) mass is 243 g/mol. The lowest BCUT2D eigenvalue weighted by molar-refractivity contribution is -0.142. The number of rotatable bonds is 4. The van der Waals surface area contributed by atoms with Crippen LogP contribution >= 0.6 is 11.6 Å². The van der Waals surface area contributed by atoms with Crippen molar-refractivity contribution in [3.05, 3.63) is 34.9 Å². The van der Waals surface area contributed by atoms with Crippen molar-refractivity contribution in [2.45, 2.75) is 6.04 Å². The Labute approximate surface area is 96.7 Å². The van der Waals surface area contributed by atoms with Gasteiger partial charge in [-0.15, -0.1) is 0 Å². The van der Waals surface area contributed by atoms with Crippen molar-refractivity contribution < 1.29 is 19.8 Å². The molecule has 0 aliphatic rings. The highest BCUT2D eigenvalue weighted by Gasteiger charge is 2.21. The SMILES string of the molecule is O=C(CO)NC(C(=O)O)c1ccc(Cl)cc1. The quantitative estimate of drug-likeness (QED) is 0.722. The molecule has 0 saturated carbocycles. The molecule has 0 spiro atoms. The molecule has 0 aliphatic heterocycles. The largest absolute Gasteiger partial charge is 0.479 e. The van der Waals surface area contributed by atoms with Crippen LogP contribution < -0.4 is 5.32 Å². The Kier molecular flexibility index (Phi) is 4.28. The minimum Gasteiger partial charge on any atom is -0.479 e. The van der Waals surface area contributed by atoms with Crippen LogP contribution in [0, 0.1) is 0 Å². The highest BCUT2D eigenvalue weighted by molar-refractivity contribution is 6.30. The van der Waals surface area contributed by atoms with E-state index in [1.54, 1.807) is 0 Å². The molecule has 3 N–H and O–H groups in total. The second kappa shape index (κ2) is 5.48. The van der Waals surface area contributed by atoms with Crippen LogP contribution in [-0.4, -0.2) is 28.7 Å². The zero-order valence-electron chi connectivity index (χ0n) is 8.18. The first kappa shape index (κ1) is 12.5. The molecule has 1 atom stereocenters. The molecule has 16 heavy (non-hydrogen) atoms. The van der Waals surface area contributed by atoms with Crippen LogP contribution in [0.15, 0.2) is 24.3 Å². The van der Waals surface area contributed by atoms with Crippen molar-refractivity contribution in [3.8, 4) is 0 Å². The van der Waals surface area contributed by atoms with Gasteiger partial charge in [-0.2, -0.15) is 0 Å². The molecule has 0 saturated heterocycles. The van der Waals surface area contributed by atoms with E-state index in [-0.39, 0.29) is 0 Å². The lowest BCUT2D eigenvalue weighted by Crippen LogP contribution is -2.35. The molecule has 86 valence electrons. The van der Waals surface area contributed by atoms with E-state index < -0.39 is 24.5 Å². The second-order valence-corrected chi connectivity index (χ2v) is 3.48. The van der Waals surface area contributed by atoms with E-state index in [2.05, 4.69) is 5.32 Å². The maximum Gasteiger partial charge on any atom is 0.330 e. The van der Waals surface area contributed by atoms with Gasteiger partial charge in [-0.1, -0.05) is 23.7 Å². The third kappa shape index (κ3) is 3.22. The van der Waals surface area contributed by atoms with Crippen molar-refractivity contribution in [1.29, 1.82) is 0 Å². The topological polar surface area (TPSA) is 86.6 Å². The number of nitrogens with one attached hydrogen (secondary N) is 1. The lowest BCUT2D eigenvalue weighted by atomic mass is 10.1. The molecule has 6 heteroatoms. The van der Waals surface area contributed by atoms with Crippen LogP contribution in [0.5, 0.6) is 0 Å². The predicted octanol–water partition coefficient (Wildman–Crippen LogP) is 0.574. The summed E-state index contributed by atoms with van der Waals surface area (Å²) in [6.07, 6.45) is 0. The van der Waals surface area contributed by atoms with E-state index >= 15 is 0 Å². The maximum absolute atomic E-state index is 10.9. The number of carboxylic acids is 1. The zero-order valence-corrected chi connectivity index (χ0v) is 8.94. The number of aliphatic hydroxyl groups excluding tert-OH is 1. The lowest BCUT2D eigenvalue weighted by Gasteiger charge is -2.13. The van der Waals surface area contributed by atoms with E-state index in [0.717, 1.165) is 0 Å². The Bertz CT molecular complexity index is 390. The molecule has 0 bridgehead atoms. The van der Waals surface area contributed by atoms with Gasteiger partial charge in [0.1, 0.15) is 6.61 Å². The Morgan fingerprint density at radius 1 is 1.31 bits per heavy atom. The highest BCUT2D eigenvalue weighted by Crippen LogP contribution is 2.16. The van der Waals surface area contributed by atoms with Crippen molar-refractivity contribution in [2.24, 2.45) is 0 Å². The fourth-order valence-corrected chi connectivity index (χ4v) is 1.28. The number of amides is 1. The average molecular weight is 244 g/mol.